The highest BCUT2D eigenvalue weighted by Gasteiger charge is 2.59. The van der Waals surface area contributed by atoms with Crippen LogP contribution in [0.3, 0.4) is 0 Å². The second-order valence-electron chi connectivity index (χ2n) is 15.1. The van der Waals surface area contributed by atoms with Gasteiger partial charge < -0.3 is 24.6 Å². The molecule has 3 saturated carbocycles. The quantitative estimate of drug-likeness (QED) is 0.114. The number of allylic oxidation sites excluding steroid dienone is 1. The maximum Gasteiger partial charge on any atom is 0.528 e. The van der Waals surface area contributed by atoms with E-state index in [2.05, 4.69) is 40.7 Å². The average Bonchev–Trinajstić information content (AvgIpc) is 3.43. The molecule has 0 radical (unpaired) electrons. The Morgan fingerprint density at radius 3 is 2.53 bits per heavy atom. The Morgan fingerprint density at radius 1 is 1.09 bits per heavy atom. The Bertz CT molecular complexity index is 1170. The molecule has 1 unspecified atom stereocenters. The van der Waals surface area contributed by atoms with Gasteiger partial charge >= 0.3 is 13.8 Å². The van der Waals surface area contributed by atoms with E-state index in [0.29, 0.717) is 30.1 Å². The van der Waals surface area contributed by atoms with Crippen molar-refractivity contribution < 1.29 is 43.4 Å². The molecule has 43 heavy (non-hydrogen) atoms. The molecule has 0 aromatic heterocycles. The third-order valence-electron chi connectivity index (χ3n) is 12.2. The Kier molecular flexibility index (Phi) is 9.54. The van der Waals surface area contributed by atoms with E-state index in [0.717, 1.165) is 36.5 Å². The van der Waals surface area contributed by atoms with Crippen molar-refractivity contribution in [3.8, 4) is 0 Å². The fraction of sp³-hybridized carbons (Fsp3) is 0.848. The van der Waals surface area contributed by atoms with Crippen LogP contribution in [-0.2, 0) is 23.1 Å². The van der Waals surface area contributed by atoms with Crippen LogP contribution in [0.5, 0.6) is 0 Å². The normalized spacial score (nSPS) is 40.2. The first kappa shape index (κ1) is 33.0. The van der Waals surface area contributed by atoms with Crippen LogP contribution in [-0.4, -0.2) is 51.1 Å². The molecule has 4 N–H and O–H groups in total. The second kappa shape index (κ2) is 12.4. The summed E-state index contributed by atoms with van der Waals surface area (Å²) in [6.07, 6.45) is 10.8. The summed E-state index contributed by atoms with van der Waals surface area (Å²) in [7, 11) is -4.79. The minimum atomic E-state index is -4.79. The molecule has 1 aliphatic heterocycles. The van der Waals surface area contributed by atoms with Crippen LogP contribution in [0.15, 0.2) is 23.2 Å². The standard InChI is InChI=1S/C33H53O9P/c1-19(2)7-6-8-20(3)24-11-12-25-23-10-9-21-17-22(13-15-32(21,4)26(23)14-16-33(24,25)5)41-43(38,39)42-30-28(36)29(27(35)18-34)40-31(30)37/h9,19-20,22-27,29,34-36H,6-8,10-18H2,1-5H3,(H,38,39)/t20-,22+,23+,24-,25+,26+,27+,29-,32+,33-/m1/s1. The molecule has 1 heterocycles. The largest absolute Gasteiger partial charge is 0.528 e. The minimum Gasteiger partial charge on any atom is -0.505 e. The topological polar surface area (TPSA) is 143 Å². The molecule has 4 aliphatic carbocycles. The number of ether oxygens (including phenoxy) is 1. The number of aliphatic hydroxyl groups is 3. The number of carbonyl (C=O) groups excluding carboxylic acids is 1. The predicted octanol–water partition coefficient (Wildman–Crippen LogP) is 6.58. The summed E-state index contributed by atoms with van der Waals surface area (Å²) < 4.78 is 28.2. The van der Waals surface area contributed by atoms with Gasteiger partial charge in [0.1, 0.15) is 6.10 Å². The summed E-state index contributed by atoms with van der Waals surface area (Å²) in [5.74, 6) is 1.46. The van der Waals surface area contributed by atoms with Crippen LogP contribution in [0.1, 0.15) is 105 Å². The van der Waals surface area contributed by atoms with Gasteiger partial charge in [0, 0.05) is 0 Å². The van der Waals surface area contributed by atoms with Gasteiger partial charge in [0.15, 0.2) is 11.9 Å². The lowest BCUT2D eigenvalue weighted by Crippen LogP contribution is -2.51. The van der Waals surface area contributed by atoms with E-state index in [9.17, 15) is 24.5 Å². The molecule has 0 saturated heterocycles. The third kappa shape index (κ3) is 6.23. The Labute approximate surface area is 256 Å². The molecule has 0 aromatic carbocycles. The molecule has 3 fully saturated rings. The van der Waals surface area contributed by atoms with Crippen LogP contribution in [0.4, 0.5) is 0 Å². The average molecular weight is 625 g/mol. The molecule has 5 aliphatic rings. The summed E-state index contributed by atoms with van der Waals surface area (Å²) in [5, 5.41) is 29.1. The van der Waals surface area contributed by atoms with E-state index in [1.165, 1.54) is 50.5 Å². The summed E-state index contributed by atoms with van der Waals surface area (Å²) in [6, 6.07) is 0. The van der Waals surface area contributed by atoms with E-state index in [4.69, 9.17) is 18.9 Å². The number of carbonyl (C=O) groups is 1. The first-order chi connectivity index (χ1) is 20.2. The van der Waals surface area contributed by atoms with Crippen molar-refractivity contribution in [3.05, 3.63) is 23.2 Å². The molecule has 0 spiro atoms. The highest BCUT2D eigenvalue weighted by atomic mass is 31.2. The van der Waals surface area contributed by atoms with Crippen LogP contribution >= 0.6 is 7.82 Å². The minimum absolute atomic E-state index is 0.0368. The molecular weight excluding hydrogens is 571 g/mol. The van der Waals surface area contributed by atoms with E-state index < -0.39 is 50.2 Å². The summed E-state index contributed by atoms with van der Waals surface area (Å²) >= 11 is 0. The predicted molar refractivity (Wildman–Crippen MR) is 161 cm³/mol. The van der Waals surface area contributed by atoms with Crippen molar-refractivity contribution >= 4 is 13.8 Å². The van der Waals surface area contributed by atoms with E-state index in [1.54, 1.807) is 0 Å². The van der Waals surface area contributed by atoms with Crippen LogP contribution in [0.2, 0.25) is 0 Å². The van der Waals surface area contributed by atoms with Crippen molar-refractivity contribution in [2.24, 2.45) is 46.3 Å². The lowest BCUT2D eigenvalue weighted by atomic mass is 9.47. The molecule has 0 amide bonds. The van der Waals surface area contributed by atoms with Crippen molar-refractivity contribution in [1.82, 2.24) is 0 Å². The Balaban J connectivity index is 1.23. The molecular formula is C33H53O9P. The molecule has 10 heteroatoms. The van der Waals surface area contributed by atoms with Gasteiger partial charge in [0.2, 0.25) is 0 Å². The second-order valence-corrected chi connectivity index (χ2v) is 16.4. The van der Waals surface area contributed by atoms with E-state index >= 15 is 0 Å². The highest BCUT2D eigenvalue weighted by Crippen LogP contribution is 2.67. The maximum atomic E-state index is 12.9. The fourth-order valence-corrected chi connectivity index (χ4v) is 11.0. The van der Waals surface area contributed by atoms with Gasteiger partial charge in [-0.25, -0.2) is 9.36 Å². The number of fused-ring (bicyclic) bond motifs is 5. The SMILES string of the molecule is CC(C)CCC[C@@H](C)[C@H]1CC[C@H]2[C@@H]3CC=C4C[C@@H](OP(=O)(O)OC5=C(O)[C@@H]([C@@H](O)CO)OC5=O)CC[C@]4(C)[C@H]3CC[C@]12C. The van der Waals surface area contributed by atoms with E-state index in [1.807, 2.05) is 0 Å². The molecule has 5 rings (SSSR count). The monoisotopic (exact) mass is 624 g/mol. The number of esters is 1. The molecule has 0 aromatic rings. The first-order valence-electron chi connectivity index (χ1n) is 16.5. The van der Waals surface area contributed by atoms with Crippen LogP contribution in [0, 0.1) is 46.3 Å². The van der Waals surface area contributed by atoms with Crippen molar-refractivity contribution in [2.75, 3.05) is 6.61 Å². The molecule has 0 bridgehead atoms. The smallest absolute Gasteiger partial charge is 0.505 e. The summed E-state index contributed by atoms with van der Waals surface area (Å²) in [4.78, 5) is 22.6. The zero-order valence-corrected chi connectivity index (χ0v) is 27.4. The Morgan fingerprint density at radius 2 is 1.84 bits per heavy atom. The number of rotatable bonds is 11. The van der Waals surface area contributed by atoms with Crippen molar-refractivity contribution in [1.29, 1.82) is 0 Å². The number of cyclic esters (lactones) is 1. The maximum absolute atomic E-state index is 12.9. The number of hydrogen-bond donors (Lipinski definition) is 4. The van der Waals surface area contributed by atoms with Gasteiger partial charge in [-0.15, -0.1) is 0 Å². The van der Waals surface area contributed by atoms with Gasteiger partial charge in [-0.1, -0.05) is 65.5 Å². The number of phosphoric ester groups is 1. The van der Waals surface area contributed by atoms with Crippen LogP contribution < -0.4 is 0 Å². The van der Waals surface area contributed by atoms with Crippen molar-refractivity contribution in [2.45, 2.75) is 124 Å². The number of hydrogen-bond acceptors (Lipinski definition) is 8. The van der Waals surface area contributed by atoms with Gasteiger partial charge in [0.25, 0.3) is 5.76 Å². The van der Waals surface area contributed by atoms with Gasteiger partial charge in [-0.05, 0) is 97.7 Å². The lowest BCUT2D eigenvalue weighted by molar-refractivity contribution is -0.147. The molecule has 11 atom stereocenters. The zero-order chi connectivity index (χ0) is 31.3. The fourth-order valence-electron chi connectivity index (χ4n) is 9.97. The van der Waals surface area contributed by atoms with E-state index in [-0.39, 0.29) is 5.41 Å². The molecule has 244 valence electrons. The van der Waals surface area contributed by atoms with Gasteiger partial charge in [-0.2, -0.15) is 0 Å². The lowest BCUT2D eigenvalue weighted by Gasteiger charge is -2.58. The number of phosphoric acid groups is 1. The Hall–Kier alpha value is -1.38. The molecule has 9 nitrogen and oxygen atoms in total. The number of aliphatic hydroxyl groups excluding tert-OH is 3. The summed E-state index contributed by atoms with van der Waals surface area (Å²) in [5.41, 5.74) is 1.74. The zero-order valence-electron chi connectivity index (χ0n) is 26.5. The van der Waals surface area contributed by atoms with Crippen LogP contribution in [0.25, 0.3) is 0 Å². The van der Waals surface area contributed by atoms with Gasteiger partial charge in [0.05, 0.1) is 12.7 Å². The van der Waals surface area contributed by atoms with Gasteiger partial charge in [-0.3, -0.25) is 9.42 Å². The first-order valence-corrected chi connectivity index (χ1v) is 18.0. The third-order valence-corrected chi connectivity index (χ3v) is 13.2. The highest BCUT2D eigenvalue weighted by molar-refractivity contribution is 7.47. The summed E-state index contributed by atoms with van der Waals surface area (Å²) in [6.45, 7) is 11.3. The van der Waals surface area contributed by atoms with Crippen molar-refractivity contribution in [3.63, 3.8) is 0 Å².